The van der Waals surface area contributed by atoms with E-state index in [9.17, 15) is 4.79 Å². The number of ketones is 1. The number of hydrogen-bond acceptors (Lipinski definition) is 2. The van der Waals surface area contributed by atoms with Crippen molar-refractivity contribution in [1.82, 2.24) is 0 Å². The van der Waals surface area contributed by atoms with Crippen LogP contribution in [0, 0.1) is 3.57 Å². The van der Waals surface area contributed by atoms with Crippen molar-refractivity contribution in [3.05, 3.63) is 31.8 Å². The third-order valence-corrected chi connectivity index (χ3v) is 3.14. The number of rotatable bonds is 4. The van der Waals surface area contributed by atoms with Gasteiger partial charge < -0.3 is 4.74 Å². The fourth-order valence-corrected chi connectivity index (χ4v) is 1.99. The summed E-state index contributed by atoms with van der Waals surface area (Å²) in [6.07, 6.45) is 0.0792. The van der Waals surface area contributed by atoms with Gasteiger partial charge in [-0.25, -0.2) is 0 Å². The van der Waals surface area contributed by atoms with Crippen LogP contribution in [0.15, 0.2) is 22.7 Å². The van der Waals surface area contributed by atoms with Crippen molar-refractivity contribution in [2.24, 2.45) is 0 Å². The average molecular weight is 383 g/mol. The molecule has 0 saturated heterocycles. The van der Waals surface area contributed by atoms with E-state index in [4.69, 9.17) is 4.74 Å². The predicted molar refractivity (Wildman–Crippen MR) is 72.3 cm³/mol. The number of carbonyl (C=O) groups excluding carboxylic acids is 1. The molecule has 0 spiro atoms. The molecule has 0 aliphatic heterocycles. The SMILES string of the molecule is CC(C)OCC(=O)c1cc(I)ccc1Br. The van der Waals surface area contributed by atoms with Crippen molar-refractivity contribution < 1.29 is 9.53 Å². The van der Waals surface area contributed by atoms with Crippen LogP contribution >= 0.6 is 38.5 Å². The summed E-state index contributed by atoms with van der Waals surface area (Å²) in [6, 6.07) is 5.69. The Kier molecular flexibility index (Phi) is 5.22. The zero-order valence-corrected chi connectivity index (χ0v) is 12.3. The molecule has 1 aromatic rings. The van der Waals surface area contributed by atoms with Crippen molar-refractivity contribution in [2.45, 2.75) is 20.0 Å². The van der Waals surface area contributed by atoms with Crippen LogP contribution in [0.25, 0.3) is 0 Å². The number of carbonyl (C=O) groups is 1. The fraction of sp³-hybridized carbons (Fsp3) is 0.364. The molecule has 0 atom stereocenters. The van der Waals surface area contributed by atoms with E-state index in [0.29, 0.717) is 5.56 Å². The number of benzene rings is 1. The Bertz CT molecular complexity index is 364. The van der Waals surface area contributed by atoms with Crippen molar-refractivity contribution in [3.63, 3.8) is 0 Å². The molecule has 15 heavy (non-hydrogen) atoms. The largest absolute Gasteiger partial charge is 0.371 e. The first-order valence-corrected chi connectivity index (χ1v) is 6.47. The molecule has 0 aromatic heterocycles. The van der Waals surface area contributed by atoms with E-state index in [1.54, 1.807) is 0 Å². The van der Waals surface area contributed by atoms with Gasteiger partial charge in [-0.3, -0.25) is 4.79 Å². The van der Waals surface area contributed by atoms with Crippen LogP contribution in [0.3, 0.4) is 0 Å². The molecule has 0 N–H and O–H groups in total. The third-order valence-electron chi connectivity index (χ3n) is 1.78. The lowest BCUT2D eigenvalue weighted by Gasteiger charge is -2.08. The lowest BCUT2D eigenvalue weighted by molar-refractivity contribution is 0.0584. The molecule has 0 unspecified atom stereocenters. The minimum absolute atomic E-state index is 0.00842. The average Bonchev–Trinajstić information content (AvgIpc) is 2.18. The molecule has 1 aromatic carbocycles. The summed E-state index contributed by atoms with van der Waals surface area (Å²) in [4.78, 5) is 11.8. The summed E-state index contributed by atoms with van der Waals surface area (Å²) in [5.41, 5.74) is 0.683. The Labute approximate surface area is 112 Å². The van der Waals surface area contributed by atoms with Gasteiger partial charge in [0, 0.05) is 13.6 Å². The normalized spacial score (nSPS) is 10.7. The fourth-order valence-electron chi connectivity index (χ4n) is 1.03. The Morgan fingerprint density at radius 3 is 2.80 bits per heavy atom. The first-order chi connectivity index (χ1) is 7.00. The van der Waals surface area contributed by atoms with Crippen LogP contribution in [-0.4, -0.2) is 18.5 Å². The van der Waals surface area contributed by atoms with Crippen LogP contribution in [-0.2, 0) is 4.74 Å². The van der Waals surface area contributed by atoms with E-state index in [1.807, 2.05) is 32.0 Å². The molecule has 0 aliphatic carbocycles. The molecular weight excluding hydrogens is 371 g/mol. The van der Waals surface area contributed by atoms with Crippen molar-refractivity contribution >= 4 is 44.3 Å². The molecule has 0 fully saturated rings. The molecule has 0 aliphatic rings. The molecule has 82 valence electrons. The first kappa shape index (κ1) is 13.1. The van der Waals surface area contributed by atoms with Gasteiger partial charge in [-0.2, -0.15) is 0 Å². The quantitative estimate of drug-likeness (QED) is 0.586. The van der Waals surface area contributed by atoms with Crippen LogP contribution in [0.1, 0.15) is 24.2 Å². The van der Waals surface area contributed by atoms with E-state index in [0.717, 1.165) is 8.04 Å². The van der Waals surface area contributed by atoms with Gasteiger partial charge in [0.15, 0.2) is 5.78 Å². The summed E-state index contributed by atoms with van der Waals surface area (Å²) in [7, 11) is 0. The third kappa shape index (κ3) is 4.20. The lowest BCUT2D eigenvalue weighted by Crippen LogP contribution is -2.14. The topological polar surface area (TPSA) is 26.3 Å². The minimum atomic E-state index is 0.00842. The molecular formula is C11H12BrIO2. The van der Waals surface area contributed by atoms with Gasteiger partial charge in [-0.1, -0.05) is 15.9 Å². The van der Waals surface area contributed by atoms with E-state index in [-0.39, 0.29) is 18.5 Å². The lowest BCUT2D eigenvalue weighted by atomic mass is 10.1. The first-order valence-electron chi connectivity index (χ1n) is 4.60. The second kappa shape index (κ2) is 5.96. The predicted octanol–water partition coefficient (Wildman–Crippen LogP) is 3.66. The summed E-state index contributed by atoms with van der Waals surface area (Å²) in [5, 5.41) is 0. The summed E-state index contributed by atoms with van der Waals surface area (Å²) in [6.45, 7) is 3.96. The zero-order chi connectivity index (χ0) is 11.4. The van der Waals surface area contributed by atoms with E-state index in [2.05, 4.69) is 38.5 Å². The summed E-state index contributed by atoms with van der Waals surface area (Å²) < 4.78 is 7.14. The zero-order valence-electron chi connectivity index (χ0n) is 8.59. The molecule has 0 radical (unpaired) electrons. The Hall–Kier alpha value is 0.0600. The highest BCUT2D eigenvalue weighted by Gasteiger charge is 2.11. The number of ether oxygens (including phenoxy) is 1. The van der Waals surface area contributed by atoms with Crippen LogP contribution in [0.5, 0.6) is 0 Å². The Balaban J connectivity index is 2.77. The second-order valence-electron chi connectivity index (χ2n) is 3.41. The van der Waals surface area contributed by atoms with Gasteiger partial charge in [0.05, 0.1) is 6.10 Å². The van der Waals surface area contributed by atoms with E-state index in [1.165, 1.54) is 0 Å². The van der Waals surface area contributed by atoms with Gasteiger partial charge in [0.25, 0.3) is 0 Å². The maximum atomic E-state index is 11.8. The highest BCUT2D eigenvalue weighted by molar-refractivity contribution is 14.1. The molecule has 2 nitrogen and oxygen atoms in total. The van der Waals surface area contributed by atoms with Gasteiger partial charge in [0.2, 0.25) is 0 Å². The summed E-state index contributed by atoms with van der Waals surface area (Å²) in [5.74, 6) is 0.00842. The summed E-state index contributed by atoms with van der Waals surface area (Å²) >= 11 is 5.54. The molecule has 0 bridgehead atoms. The number of hydrogen-bond donors (Lipinski definition) is 0. The Morgan fingerprint density at radius 2 is 2.20 bits per heavy atom. The maximum absolute atomic E-state index is 11.8. The van der Waals surface area contributed by atoms with E-state index < -0.39 is 0 Å². The standard InChI is InChI=1S/C11H12BrIO2/c1-7(2)15-6-11(14)9-5-8(13)3-4-10(9)12/h3-5,7H,6H2,1-2H3. The Morgan fingerprint density at radius 1 is 1.53 bits per heavy atom. The monoisotopic (exact) mass is 382 g/mol. The molecule has 0 heterocycles. The van der Waals surface area contributed by atoms with Crippen LogP contribution in [0.2, 0.25) is 0 Å². The molecule has 0 amide bonds. The number of halogens is 2. The van der Waals surface area contributed by atoms with Crippen LogP contribution in [0.4, 0.5) is 0 Å². The van der Waals surface area contributed by atoms with Gasteiger partial charge >= 0.3 is 0 Å². The number of Topliss-reactive ketones (excluding diaryl/α,β-unsaturated/α-hetero) is 1. The second-order valence-corrected chi connectivity index (χ2v) is 5.51. The van der Waals surface area contributed by atoms with Gasteiger partial charge in [-0.15, -0.1) is 0 Å². The van der Waals surface area contributed by atoms with E-state index >= 15 is 0 Å². The highest BCUT2D eigenvalue weighted by atomic mass is 127. The molecule has 0 saturated carbocycles. The molecule has 1 rings (SSSR count). The maximum Gasteiger partial charge on any atom is 0.189 e. The van der Waals surface area contributed by atoms with Crippen molar-refractivity contribution in [1.29, 1.82) is 0 Å². The smallest absolute Gasteiger partial charge is 0.189 e. The van der Waals surface area contributed by atoms with Gasteiger partial charge in [0.1, 0.15) is 6.61 Å². The highest BCUT2D eigenvalue weighted by Crippen LogP contribution is 2.20. The van der Waals surface area contributed by atoms with Crippen molar-refractivity contribution in [2.75, 3.05) is 6.61 Å². The van der Waals surface area contributed by atoms with Crippen molar-refractivity contribution in [3.8, 4) is 0 Å². The van der Waals surface area contributed by atoms with Crippen LogP contribution < -0.4 is 0 Å². The van der Waals surface area contributed by atoms with Gasteiger partial charge in [-0.05, 0) is 54.6 Å². The molecule has 4 heteroatoms. The minimum Gasteiger partial charge on any atom is -0.371 e.